The van der Waals surface area contributed by atoms with E-state index in [0.29, 0.717) is 6.42 Å². The van der Waals surface area contributed by atoms with Crippen LogP contribution in [0.1, 0.15) is 5.56 Å². The fraction of sp³-hybridized carbons (Fsp3) is 0.133. The molecule has 1 amide bonds. The molecular weight excluding hydrogens is 245 g/mol. The van der Waals surface area contributed by atoms with Crippen LogP contribution in [0.25, 0.3) is 0 Å². The van der Waals surface area contributed by atoms with Gasteiger partial charge in [0, 0.05) is 6.42 Å². The summed E-state index contributed by atoms with van der Waals surface area (Å²) < 4.78 is 19.0. The lowest BCUT2D eigenvalue weighted by Crippen LogP contribution is -2.31. The highest BCUT2D eigenvalue weighted by Gasteiger charge is 2.29. The van der Waals surface area contributed by atoms with Crippen LogP contribution >= 0.6 is 0 Å². The Kier molecular flexibility index (Phi) is 2.91. The third-order valence-corrected chi connectivity index (χ3v) is 3.07. The molecule has 0 radical (unpaired) electrons. The number of carbonyl (C=O) groups is 1. The zero-order valence-corrected chi connectivity index (χ0v) is 10.1. The van der Waals surface area contributed by atoms with Gasteiger partial charge in [0.15, 0.2) is 6.10 Å². The first-order chi connectivity index (χ1) is 9.24. The molecule has 0 unspecified atom stereocenters. The minimum Gasteiger partial charge on any atom is -0.480 e. The van der Waals surface area contributed by atoms with Gasteiger partial charge in [0.1, 0.15) is 11.6 Å². The summed E-state index contributed by atoms with van der Waals surface area (Å²) in [7, 11) is 0. The molecule has 0 bridgehead atoms. The van der Waals surface area contributed by atoms with Crippen LogP contribution in [0.4, 0.5) is 10.1 Å². The van der Waals surface area contributed by atoms with Crippen LogP contribution in [-0.2, 0) is 11.2 Å². The first kappa shape index (κ1) is 11.7. The summed E-state index contributed by atoms with van der Waals surface area (Å²) in [5, 5.41) is 2.55. The van der Waals surface area contributed by atoms with Crippen molar-refractivity contribution in [3.8, 4) is 5.75 Å². The van der Waals surface area contributed by atoms with Gasteiger partial charge in [0.2, 0.25) is 0 Å². The normalized spacial score (nSPS) is 16.6. The van der Waals surface area contributed by atoms with E-state index < -0.39 is 11.9 Å². The average molecular weight is 257 g/mol. The molecule has 0 saturated carbocycles. The van der Waals surface area contributed by atoms with Crippen LogP contribution < -0.4 is 10.1 Å². The van der Waals surface area contributed by atoms with E-state index in [2.05, 4.69) is 5.32 Å². The molecule has 1 aliphatic rings. The number of anilines is 1. The van der Waals surface area contributed by atoms with E-state index in [1.807, 2.05) is 24.3 Å². The average Bonchev–Trinajstić information content (AvgIpc) is 2.85. The molecule has 1 heterocycles. The van der Waals surface area contributed by atoms with E-state index >= 15 is 0 Å². The molecule has 0 saturated heterocycles. The van der Waals surface area contributed by atoms with Gasteiger partial charge in [-0.2, -0.15) is 0 Å². The van der Waals surface area contributed by atoms with Gasteiger partial charge in [0.25, 0.3) is 5.91 Å². The second kappa shape index (κ2) is 4.72. The molecule has 3 nitrogen and oxygen atoms in total. The Balaban J connectivity index is 1.72. The van der Waals surface area contributed by atoms with Gasteiger partial charge in [-0.3, -0.25) is 4.79 Å². The van der Waals surface area contributed by atoms with Crippen LogP contribution in [0.15, 0.2) is 48.5 Å². The highest BCUT2D eigenvalue weighted by Crippen LogP contribution is 2.28. The molecule has 1 aliphatic heterocycles. The highest BCUT2D eigenvalue weighted by atomic mass is 19.1. The predicted molar refractivity (Wildman–Crippen MR) is 69.6 cm³/mol. The molecule has 0 aromatic heterocycles. The van der Waals surface area contributed by atoms with E-state index in [1.165, 1.54) is 12.1 Å². The number of halogens is 1. The van der Waals surface area contributed by atoms with E-state index in [1.54, 1.807) is 12.1 Å². The number of carbonyl (C=O) groups excluding carboxylic acids is 1. The zero-order chi connectivity index (χ0) is 13.2. The third-order valence-electron chi connectivity index (χ3n) is 3.07. The van der Waals surface area contributed by atoms with Crippen molar-refractivity contribution >= 4 is 11.6 Å². The molecule has 2 aromatic carbocycles. The van der Waals surface area contributed by atoms with Crippen LogP contribution in [0.5, 0.6) is 5.75 Å². The van der Waals surface area contributed by atoms with Crippen molar-refractivity contribution in [1.82, 2.24) is 0 Å². The van der Waals surface area contributed by atoms with Crippen LogP contribution in [0, 0.1) is 5.82 Å². The molecule has 2 aromatic rings. The van der Waals surface area contributed by atoms with E-state index in [4.69, 9.17) is 4.74 Å². The van der Waals surface area contributed by atoms with E-state index in [9.17, 15) is 9.18 Å². The van der Waals surface area contributed by atoms with Gasteiger partial charge in [-0.25, -0.2) is 4.39 Å². The molecule has 3 rings (SSSR count). The minimum atomic E-state index is -0.600. The summed E-state index contributed by atoms with van der Waals surface area (Å²) in [5.41, 5.74) is 1.17. The number of nitrogens with one attached hydrogen (secondary N) is 1. The molecule has 19 heavy (non-hydrogen) atoms. The number of benzene rings is 2. The molecule has 96 valence electrons. The van der Waals surface area contributed by atoms with Crippen molar-refractivity contribution in [2.45, 2.75) is 12.5 Å². The monoisotopic (exact) mass is 257 g/mol. The number of hydrogen-bond acceptors (Lipinski definition) is 2. The Morgan fingerprint density at radius 3 is 2.68 bits per heavy atom. The summed E-state index contributed by atoms with van der Waals surface area (Å²) in [6.07, 6.45) is -0.0896. The summed E-state index contributed by atoms with van der Waals surface area (Å²) in [6.45, 7) is 0. The lowest BCUT2D eigenvalue weighted by Gasteiger charge is -2.11. The first-order valence-corrected chi connectivity index (χ1v) is 6.04. The molecule has 1 atom stereocenters. The number of fused-ring (bicyclic) bond motifs is 1. The van der Waals surface area contributed by atoms with Gasteiger partial charge in [-0.1, -0.05) is 30.3 Å². The maximum atomic E-state index is 13.4. The highest BCUT2D eigenvalue weighted by molar-refractivity contribution is 5.95. The zero-order valence-electron chi connectivity index (χ0n) is 10.1. The SMILES string of the molecule is O=C(Nc1ccccc1F)[C@@H]1Cc2ccccc2O1. The molecule has 0 aliphatic carbocycles. The van der Waals surface area contributed by atoms with Crippen molar-refractivity contribution in [2.75, 3.05) is 5.32 Å². The molecular formula is C15H12FNO2. The molecule has 0 spiro atoms. The maximum Gasteiger partial charge on any atom is 0.265 e. The lowest BCUT2D eigenvalue weighted by molar-refractivity contribution is -0.122. The maximum absolute atomic E-state index is 13.4. The first-order valence-electron chi connectivity index (χ1n) is 6.04. The van der Waals surface area contributed by atoms with Crippen molar-refractivity contribution in [1.29, 1.82) is 0 Å². The second-order valence-electron chi connectivity index (χ2n) is 4.39. The van der Waals surface area contributed by atoms with Gasteiger partial charge in [0.05, 0.1) is 5.69 Å². The Labute approximate surface area is 110 Å². The Hall–Kier alpha value is -2.36. The fourth-order valence-corrected chi connectivity index (χ4v) is 2.10. The van der Waals surface area contributed by atoms with Crippen LogP contribution in [-0.4, -0.2) is 12.0 Å². The van der Waals surface area contributed by atoms with Crippen molar-refractivity contribution in [3.63, 3.8) is 0 Å². The van der Waals surface area contributed by atoms with Crippen molar-refractivity contribution in [2.24, 2.45) is 0 Å². The summed E-state index contributed by atoms with van der Waals surface area (Å²) in [4.78, 5) is 12.0. The summed E-state index contributed by atoms with van der Waals surface area (Å²) in [5.74, 6) is -0.0659. The summed E-state index contributed by atoms with van der Waals surface area (Å²) in [6, 6.07) is 13.6. The molecule has 1 N–H and O–H groups in total. The lowest BCUT2D eigenvalue weighted by atomic mass is 10.1. The third kappa shape index (κ3) is 2.29. The van der Waals surface area contributed by atoms with Gasteiger partial charge in [-0.15, -0.1) is 0 Å². The Bertz CT molecular complexity index is 602. The van der Waals surface area contributed by atoms with Crippen LogP contribution in [0.3, 0.4) is 0 Å². The minimum absolute atomic E-state index is 0.173. The number of hydrogen-bond donors (Lipinski definition) is 1. The number of rotatable bonds is 2. The smallest absolute Gasteiger partial charge is 0.265 e. The molecule has 4 heteroatoms. The number of ether oxygens (including phenoxy) is 1. The Morgan fingerprint density at radius 1 is 1.16 bits per heavy atom. The largest absolute Gasteiger partial charge is 0.480 e. The Morgan fingerprint density at radius 2 is 1.89 bits per heavy atom. The van der Waals surface area contributed by atoms with E-state index in [-0.39, 0.29) is 11.6 Å². The van der Waals surface area contributed by atoms with Crippen molar-refractivity contribution < 1.29 is 13.9 Å². The standard InChI is InChI=1S/C15H12FNO2/c16-11-6-2-3-7-12(11)17-15(18)14-9-10-5-1-4-8-13(10)19-14/h1-8,14H,9H2,(H,17,18)/t14-/m0/s1. The summed E-state index contributed by atoms with van der Waals surface area (Å²) >= 11 is 0. The van der Waals surface area contributed by atoms with Gasteiger partial charge in [-0.05, 0) is 23.8 Å². The van der Waals surface area contributed by atoms with E-state index in [0.717, 1.165) is 11.3 Å². The van der Waals surface area contributed by atoms with Gasteiger partial charge >= 0.3 is 0 Å². The predicted octanol–water partition coefficient (Wildman–Crippen LogP) is 2.77. The quantitative estimate of drug-likeness (QED) is 0.898. The number of para-hydroxylation sites is 2. The topological polar surface area (TPSA) is 38.3 Å². The number of amides is 1. The molecule has 0 fully saturated rings. The van der Waals surface area contributed by atoms with Gasteiger partial charge < -0.3 is 10.1 Å². The van der Waals surface area contributed by atoms with Crippen LogP contribution in [0.2, 0.25) is 0 Å². The fourth-order valence-electron chi connectivity index (χ4n) is 2.10. The van der Waals surface area contributed by atoms with Crippen molar-refractivity contribution in [3.05, 3.63) is 59.9 Å². The second-order valence-corrected chi connectivity index (χ2v) is 4.39.